The largest absolute Gasteiger partial charge is 0.282 e. The Balaban J connectivity index is 1.51. The van der Waals surface area contributed by atoms with Gasteiger partial charge < -0.3 is 0 Å². The van der Waals surface area contributed by atoms with Crippen LogP contribution >= 0.6 is 11.3 Å². The van der Waals surface area contributed by atoms with Gasteiger partial charge in [-0.1, -0.05) is 53.8 Å². The van der Waals surface area contributed by atoms with Crippen molar-refractivity contribution >= 4 is 43.4 Å². The standard InChI is InChI=1S/C24H17FN4O2S/c25-18-11-9-16(10-12-18)14-28(24-27-20-7-3-4-8-21(20)32-24)22(30)15-29-23(31)19-6-2-1-5-17(19)13-26-29/h1-13H,14-15H2. The average Bonchev–Trinajstić information content (AvgIpc) is 3.24. The minimum absolute atomic E-state index is 0.196. The van der Waals surface area contributed by atoms with E-state index in [1.807, 2.05) is 30.3 Å². The number of fused-ring (bicyclic) bond motifs is 2. The third kappa shape index (κ3) is 3.88. The average molecular weight is 444 g/mol. The minimum atomic E-state index is -0.349. The molecule has 0 saturated heterocycles. The van der Waals surface area contributed by atoms with Crippen molar-refractivity contribution in [3.63, 3.8) is 0 Å². The molecule has 6 nitrogen and oxygen atoms in total. The van der Waals surface area contributed by atoms with Crippen molar-refractivity contribution in [3.8, 4) is 0 Å². The van der Waals surface area contributed by atoms with Crippen LogP contribution in [-0.4, -0.2) is 20.7 Å². The Morgan fingerprint density at radius 3 is 2.56 bits per heavy atom. The quantitative estimate of drug-likeness (QED) is 0.404. The van der Waals surface area contributed by atoms with Gasteiger partial charge in [0.2, 0.25) is 0 Å². The molecule has 0 spiro atoms. The van der Waals surface area contributed by atoms with Crippen LogP contribution < -0.4 is 10.5 Å². The minimum Gasteiger partial charge on any atom is -0.282 e. The predicted molar refractivity (Wildman–Crippen MR) is 123 cm³/mol. The molecule has 0 unspecified atom stereocenters. The fourth-order valence-corrected chi connectivity index (χ4v) is 4.45. The van der Waals surface area contributed by atoms with Gasteiger partial charge in [-0.3, -0.25) is 14.5 Å². The van der Waals surface area contributed by atoms with Crippen LogP contribution in [0, 0.1) is 5.82 Å². The normalized spacial score (nSPS) is 11.2. The van der Waals surface area contributed by atoms with Crippen molar-refractivity contribution in [2.45, 2.75) is 13.1 Å². The van der Waals surface area contributed by atoms with Gasteiger partial charge in [0.15, 0.2) is 5.13 Å². The van der Waals surface area contributed by atoms with E-state index in [0.29, 0.717) is 10.5 Å². The Morgan fingerprint density at radius 1 is 1.00 bits per heavy atom. The van der Waals surface area contributed by atoms with Gasteiger partial charge in [-0.25, -0.2) is 14.1 Å². The van der Waals surface area contributed by atoms with E-state index in [1.165, 1.54) is 28.4 Å². The summed E-state index contributed by atoms with van der Waals surface area (Å²) in [5.41, 5.74) is 1.20. The van der Waals surface area contributed by atoms with E-state index in [-0.39, 0.29) is 30.4 Å². The van der Waals surface area contributed by atoms with Crippen molar-refractivity contribution in [1.82, 2.24) is 14.8 Å². The van der Waals surface area contributed by atoms with Gasteiger partial charge in [-0.15, -0.1) is 0 Å². The molecule has 32 heavy (non-hydrogen) atoms. The lowest BCUT2D eigenvalue weighted by Gasteiger charge is -2.20. The van der Waals surface area contributed by atoms with Crippen LogP contribution in [0.1, 0.15) is 5.56 Å². The number of nitrogens with zero attached hydrogens (tertiary/aromatic N) is 4. The van der Waals surface area contributed by atoms with Crippen LogP contribution in [0.3, 0.4) is 0 Å². The SMILES string of the molecule is O=C(Cn1ncc2ccccc2c1=O)N(Cc1ccc(F)cc1)c1nc2ccccc2s1. The molecule has 0 aliphatic rings. The van der Waals surface area contributed by atoms with Crippen molar-refractivity contribution in [2.75, 3.05) is 4.90 Å². The van der Waals surface area contributed by atoms with Crippen LogP contribution in [0.2, 0.25) is 0 Å². The number of aromatic nitrogens is 3. The topological polar surface area (TPSA) is 68.1 Å². The molecule has 5 rings (SSSR count). The molecule has 2 aromatic heterocycles. The van der Waals surface area contributed by atoms with Gasteiger partial charge in [0, 0.05) is 5.39 Å². The molecular weight excluding hydrogens is 427 g/mol. The van der Waals surface area contributed by atoms with Gasteiger partial charge in [0.1, 0.15) is 12.4 Å². The molecule has 0 aliphatic carbocycles. The highest BCUT2D eigenvalue weighted by Crippen LogP contribution is 2.30. The number of halogens is 1. The van der Waals surface area contributed by atoms with Crippen molar-refractivity contribution in [2.24, 2.45) is 0 Å². The van der Waals surface area contributed by atoms with E-state index in [0.717, 1.165) is 25.8 Å². The van der Waals surface area contributed by atoms with Gasteiger partial charge in [-0.2, -0.15) is 5.10 Å². The number of thiazole rings is 1. The monoisotopic (exact) mass is 444 g/mol. The van der Waals surface area contributed by atoms with Crippen molar-refractivity contribution < 1.29 is 9.18 Å². The molecule has 0 atom stereocenters. The summed E-state index contributed by atoms with van der Waals surface area (Å²) in [4.78, 5) is 32.3. The number of hydrogen-bond acceptors (Lipinski definition) is 5. The number of amides is 1. The van der Waals surface area contributed by atoms with Crippen LogP contribution in [-0.2, 0) is 17.9 Å². The van der Waals surface area contributed by atoms with Crippen LogP contribution in [0.15, 0.2) is 83.8 Å². The first-order chi connectivity index (χ1) is 15.6. The fraction of sp³-hybridized carbons (Fsp3) is 0.0833. The third-order valence-electron chi connectivity index (χ3n) is 5.12. The van der Waals surface area contributed by atoms with Gasteiger partial charge in [0.25, 0.3) is 11.5 Å². The summed E-state index contributed by atoms with van der Waals surface area (Å²) in [7, 11) is 0. The Hall–Kier alpha value is -3.91. The second kappa shape index (κ2) is 8.32. The molecule has 0 N–H and O–H groups in total. The lowest BCUT2D eigenvalue weighted by molar-refractivity contribution is -0.119. The number of carbonyl (C=O) groups is 1. The van der Waals surface area contributed by atoms with Gasteiger partial charge in [-0.05, 0) is 35.9 Å². The third-order valence-corrected chi connectivity index (χ3v) is 6.17. The number of rotatable bonds is 5. The lowest BCUT2D eigenvalue weighted by Crippen LogP contribution is -2.37. The van der Waals surface area contributed by atoms with Crippen molar-refractivity contribution in [1.29, 1.82) is 0 Å². The summed E-state index contributed by atoms with van der Waals surface area (Å²) < 4.78 is 15.5. The smallest absolute Gasteiger partial charge is 0.275 e. The molecule has 1 amide bonds. The molecule has 0 radical (unpaired) electrons. The molecule has 3 aromatic carbocycles. The van der Waals surface area contributed by atoms with E-state index >= 15 is 0 Å². The number of anilines is 1. The zero-order valence-corrected chi connectivity index (χ0v) is 17.6. The van der Waals surface area contributed by atoms with E-state index < -0.39 is 0 Å². The Labute approximate surface area is 186 Å². The van der Waals surface area contributed by atoms with E-state index in [1.54, 1.807) is 36.5 Å². The second-order valence-electron chi connectivity index (χ2n) is 7.27. The van der Waals surface area contributed by atoms with Gasteiger partial charge >= 0.3 is 0 Å². The molecule has 0 fully saturated rings. The number of benzene rings is 3. The Bertz CT molecular complexity index is 1460. The maximum absolute atomic E-state index is 13.4. The first-order valence-corrected chi connectivity index (χ1v) is 10.8. The van der Waals surface area contributed by atoms with Crippen LogP contribution in [0.4, 0.5) is 9.52 Å². The summed E-state index contributed by atoms with van der Waals surface area (Å²) in [5.74, 6) is -0.684. The summed E-state index contributed by atoms with van der Waals surface area (Å²) in [6.07, 6.45) is 1.58. The first-order valence-electron chi connectivity index (χ1n) is 9.94. The molecule has 2 heterocycles. The Kier molecular flexibility index (Phi) is 5.20. The zero-order valence-electron chi connectivity index (χ0n) is 16.8. The maximum atomic E-state index is 13.4. The molecule has 0 aliphatic heterocycles. The second-order valence-corrected chi connectivity index (χ2v) is 8.27. The molecular formula is C24H17FN4O2S. The molecule has 5 aromatic rings. The van der Waals surface area contributed by atoms with E-state index in [4.69, 9.17) is 0 Å². The summed E-state index contributed by atoms with van der Waals surface area (Å²) in [6.45, 7) is -0.0396. The van der Waals surface area contributed by atoms with E-state index in [9.17, 15) is 14.0 Å². The summed E-state index contributed by atoms with van der Waals surface area (Å²) in [5, 5.41) is 5.90. The van der Waals surface area contributed by atoms with E-state index in [2.05, 4.69) is 10.1 Å². The zero-order chi connectivity index (χ0) is 22.1. The molecule has 0 saturated carbocycles. The Morgan fingerprint density at radius 2 is 1.75 bits per heavy atom. The molecule has 158 valence electrons. The number of hydrogen-bond donors (Lipinski definition) is 0. The fourth-order valence-electron chi connectivity index (χ4n) is 3.46. The van der Waals surface area contributed by atoms with Gasteiger partial charge in [0.05, 0.1) is 28.3 Å². The number of carbonyl (C=O) groups excluding carboxylic acids is 1. The summed E-state index contributed by atoms with van der Waals surface area (Å²) >= 11 is 1.39. The highest BCUT2D eigenvalue weighted by Gasteiger charge is 2.22. The number of para-hydroxylation sites is 1. The van der Waals surface area contributed by atoms with Crippen LogP contribution in [0.5, 0.6) is 0 Å². The van der Waals surface area contributed by atoms with Crippen molar-refractivity contribution in [3.05, 3.63) is 101 Å². The lowest BCUT2D eigenvalue weighted by atomic mass is 10.2. The summed E-state index contributed by atoms with van der Waals surface area (Å²) in [6, 6.07) is 20.7. The molecule has 0 bridgehead atoms. The predicted octanol–water partition coefficient (Wildman–Crippen LogP) is 4.38. The van der Waals surface area contributed by atoms with Crippen LogP contribution in [0.25, 0.3) is 21.0 Å². The maximum Gasteiger partial charge on any atom is 0.275 e. The highest BCUT2D eigenvalue weighted by atomic mass is 32.1. The highest BCUT2D eigenvalue weighted by molar-refractivity contribution is 7.22. The first kappa shape index (κ1) is 20.0. The molecule has 8 heteroatoms.